The molecule has 130 valence electrons. The second-order valence-corrected chi connectivity index (χ2v) is 8.77. The van der Waals surface area contributed by atoms with E-state index in [1.807, 2.05) is 0 Å². The lowest BCUT2D eigenvalue weighted by atomic mass is 9.73. The van der Waals surface area contributed by atoms with Crippen LogP contribution in [0.4, 0.5) is 5.69 Å². The number of rotatable bonds is 2. The van der Waals surface area contributed by atoms with Crippen molar-refractivity contribution >= 4 is 21.6 Å². The number of piperidine rings is 1. The second kappa shape index (κ2) is 6.14. The van der Waals surface area contributed by atoms with Crippen LogP contribution in [0.5, 0.6) is 0 Å². The van der Waals surface area contributed by atoms with Crippen molar-refractivity contribution in [2.75, 3.05) is 24.5 Å². The molecule has 5 rings (SSSR count). The van der Waals surface area contributed by atoms with Gasteiger partial charge in [-0.3, -0.25) is 4.90 Å². The van der Waals surface area contributed by atoms with Gasteiger partial charge in [-0.25, -0.2) is 0 Å². The van der Waals surface area contributed by atoms with Gasteiger partial charge in [0.05, 0.1) is 0 Å². The summed E-state index contributed by atoms with van der Waals surface area (Å²) in [6.45, 7) is 4.75. The van der Waals surface area contributed by atoms with Crippen molar-refractivity contribution in [3.63, 3.8) is 0 Å². The molecule has 3 heterocycles. The van der Waals surface area contributed by atoms with E-state index < -0.39 is 0 Å². The zero-order valence-corrected chi connectivity index (χ0v) is 16.2. The van der Waals surface area contributed by atoms with Crippen molar-refractivity contribution < 1.29 is 0 Å². The molecule has 2 fully saturated rings. The molecule has 3 aliphatic rings. The molecule has 0 radical (unpaired) electrons. The molecule has 3 aliphatic heterocycles. The van der Waals surface area contributed by atoms with Gasteiger partial charge in [-0.05, 0) is 55.6 Å². The molecule has 0 aromatic heterocycles. The van der Waals surface area contributed by atoms with Crippen LogP contribution in [0, 0.1) is 0 Å². The third-order valence-electron chi connectivity index (χ3n) is 6.67. The maximum atomic E-state index is 3.74. The molecule has 2 aromatic carbocycles. The molecule has 0 N–H and O–H groups in total. The fourth-order valence-corrected chi connectivity index (χ4v) is 5.96. The summed E-state index contributed by atoms with van der Waals surface area (Å²) < 4.78 is 1.22. The van der Waals surface area contributed by atoms with Gasteiger partial charge in [-0.1, -0.05) is 58.7 Å². The van der Waals surface area contributed by atoms with Gasteiger partial charge in [-0.15, -0.1) is 0 Å². The first-order valence-corrected chi connectivity index (χ1v) is 10.4. The normalized spacial score (nSPS) is 28.4. The fraction of sp³-hybridized carbons (Fsp3) is 0.455. The monoisotopic (exact) mass is 396 g/mol. The number of halogens is 1. The van der Waals surface area contributed by atoms with Gasteiger partial charge < -0.3 is 4.90 Å². The van der Waals surface area contributed by atoms with E-state index in [4.69, 9.17) is 0 Å². The van der Waals surface area contributed by atoms with Gasteiger partial charge in [-0.2, -0.15) is 0 Å². The Labute approximate surface area is 159 Å². The average molecular weight is 397 g/mol. The average Bonchev–Trinajstić information content (AvgIpc) is 3.18. The van der Waals surface area contributed by atoms with Crippen LogP contribution in [0.3, 0.4) is 0 Å². The smallest absolute Gasteiger partial charge is 0.0441 e. The standard InChI is InChI=1S/C22H25BrN2/c23-19-9-3-1-7-17(19)15-25-16-22(18-8-2-4-10-20(18)25)12-14-24-13-6-5-11-21(22)24/h1-4,7-10,21H,5-6,11-16H2/t21-,22-/m1/s1. The van der Waals surface area contributed by atoms with Crippen molar-refractivity contribution in [2.24, 2.45) is 0 Å². The van der Waals surface area contributed by atoms with E-state index in [9.17, 15) is 0 Å². The molecule has 0 saturated carbocycles. The lowest BCUT2D eigenvalue weighted by Gasteiger charge is -2.39. The third kappa shape index (κ3) is 2.47. The lowest BCUT2D eigenvalue weighted by molar-refractivity contribution is 0.160. The fourth-order valence-electron chi connectivity index (χ4n) is 5.55. The van der Waals surface area contributed by atoms with E-state index in [2.05, 4.69) is 74.3 Å². The minimum absolute atomic E-state index is 0.346. The molecule has 25 heavy (non-hydrogen) atoms. The maximum Gasteiger partial charge on any atom is 0.0441 e. The van der Waals surface area contributed by atoms with Crippen molar-refractivity contribution in [1.29, 1.82) is 0 Å². The summed E-state index contributed by atoms with van der Waals surface area (Å²) >= 11 is 3.74. The van der Waals surface area contributed by atoms with Crippen LogP contribution >= 0.6 is 15.9 Å². The Morgan fingerprint density at radius 3 is 2.76 bits per heavy atom. The molecule has 2 aromatic rings. The largest absolute Gasteiger partial charge is 0.366 e. The molecule has 2 nitrogen and oxygen atoms in total. The predicted molar refractivity (Wildman–Crippen MR) is 107 cm³/mol. The van der Waals surface area contributed by atoms with Gasteiger partial charge in [0.25, 0.3) is 0 Å². The summed E-state index contributed by atoms with van der Waals surface area (Å²) in [5.41, 5.74) is 4.80. The van der Waals surface area contributed by atoms with E-state index in [-0.39, 0.29) is 0 Å². The van der Waals surface area contributed by atoms with Crippen molar-refractivity contribution in [3.05, 3.63) is 64.1 Å². The van der Waals surface area contributed by atoms with Gasteiger partial charge in [0.2, 0.25) is 0 Å². The summed E-state index contributed by atoms with van der Waals surface area (Å²) in [4.78, 5) is 5.41. The first-order valence-electron chi connectivity index (χ1n) is 9.60. The molecule has 2 saturated heterocycles. The molecule has 2 atom stereocenters. The highest BCUT2D eigenvalue weighted by molar-refractivity contribution is 9.10. The van der Waals surface area contributed by atoms with Gasteiger partial charge in [0.1, 0.15) is 0 Å². The highest BCUT2D eigenvalue weighted by Gasteiger charge is 2.53. The molecular formula is C22H25BrN2. The van der Waals surface area contributed by atoms with Crippen LogP contribution in [-0.2, 0) is 12.0 Å². The highest BCUT2D eigenvalue weighted by Crippen LogP contribution is 2.52. The Bertz CT molecular complexity index is 789. The van der Waals surface area contributed by atoms with Crippen LogP contribution in [0.15, 0.2) is 53.0 Å². The van der Waals surface area contributed by atoms with Crippen molar-refractivity contribution in [3.8, 4) is 0 Å². The van der Waals surface area contributed by atoms with Gasteiger partial charge >= 0.3 is 0 Å². The van der Waals surface area contributed by atoms with Crippen LogP contribution in [0.25, 0.3) is 0 Å². The Morgan fingerprint density at radius 1 is 1.00 bits per heavy atom. The van der Waals surface area contributed by atoms with Gasteiger partial charge in [0.15, 0.2) is 0 Å². The Kier molecular flexibility index (Phi) is 3.90. The number of anilines is 1. The van der Waals surface area contributed by atoms with Gasteiger partial charge in [0, 0.05) is 34.7 Å². The zero-order chi connectivity index (χ0) is 16.9. The molecule has 0 amide bonds. The summed E-state index contributed by atoms with van der Waals surface area (Å²) in [5, 5.41) is 0. The Hall–Kier alpha value is -1.32. The molecule has 1 spiro atoms. The summed E-state index contributed by atoms with van der Waals surface area (Å²) in [5.74, 6) is 0. The van der Waals surface area contributed by atoms with Crippen LogP contribution < -0.4 is 4.90 Å². The van der Waals surface area contributed by atoms with Crippen LogP contribution in [-0.4, -0.2) is 30.6 Å². The van der Waals surface area contributed by atoms with E-state index in [0.29, 0.717) is 5.41 Å². The summed E-state index contributed by atoms with van der Waals surface area (Å²) in [6, 6.07) is 18.6. The number of benzene rings is 2. The number of para-hydroxylation sites is 1. The first kappa shape index (κ1) is 15.9. The second-order valence-electron chi connectivity index (χ2n) is 7.92. The number of hydrogen-bond donors (Lipinski definition) is 0. The summed E-state index contributed by atoms with van der Waals surface area (Å²) in [7, 11) is 0. The summed E-state index contributed by atoms with van der Waals surface area (Å²) in [6.07, 6.45) is 5.47. The maximum absolute atomic E-state index is 3.74. The Morgan fingerprint density at radius 2 is 1.84 bits per heavy atom. The molecule has 3 heteroatoms. The SMILES string of the molecule is Brc1ccccc1CN1C[C@]2(CCN3CCCC[C@@H]32)c2ccccc21. The first-order chi connectivity index (χ1) is 12.3. The third-order valence-corrected chi connectivity index (χ3v) is 7.44. The highest BCUT2D eigenvalue weighted by atomic mass is 79.9. The van der Waals surface area contributed by atoms with E-state index >= 15 is 0 Å². The zero-order valence-electron chi connectivity index (χ0n) is 14.6. The molecule has 0 bridgehead atoms. The van der Waals surface area contributed by atoms with E-state index in [0.717, 1.165) is 12.6 Å². The lowest BCUT2D eigenvalue weighted by Crippen LogP contribution is -2.47. The minimum Gasteiger partial charge on any atom is -0.366 e. The number of fused-ring (bicyclic) bond motifs is 4. The van der Waals surface area contributed by atoms with Crippen LogP contribution in [0.2, 0.25) is 0 Å². The van der Waals surface area contributed by atoms with Crippen LogP contribution in [0.1, 0.15) is 36.8 Å². The van der Waals surface area contributed by atoms with Crippen molar-refractivity contribution in [2.45, 2.75) is 43.7 Å². The predicted octanol–water partition coefficient (Wildman–Crippen LogP) is 4.97. The van der Waals surface area contributed by atoms with Crippen molar-refractivity contribution in [1.82, 2.24) is 4.90 Å². The molecule has 0 aliphatic carbocycles. The topological polar surface area (TPSA) is 6.48 Å². The quantitative estimate of drug-likeness (QED) is 0.707. The van der Waals surface area contributed by atoms with E-state index in [1.165, 1.54) is 61.0 Å². The van der Waals surface area contributed by atoms with E-state index in [1.54, 1.807) is 5.56 Å². The number of hydrogen-bond acceptors (Lipinski definition) is 2. The number of nitrogens with zero attached hydrogens (tertiary/aromatic N) is 2. The molecular weight excluding hydrogens is 372 g/mol. The minimum atomic E-state index is 0.346. The Balaban J connectivity index is 1.53. The molecule has 0 unspecified atom stereocenters.